The standard InChI is InChI=1S/C50H35N5/c1-3-13-35(14-4-1)48-52-49(36-28-26-34(27-29-36)41-19-12-30-51-33-41)54-50(53-48)40-18-10-16-38(32-40)37-15-9-17-39(31-37)43-23-11-25-46-47(43)44-22-7-8-24-45(44)55(46)42-20-5-2-6-21-42/h1-30,32-33,37H,31H2. The van der Waals surface area contributed by atoms with Gasteiger partial charge in [0.25, 0.3) is 0 Å². The molecule has 0 aliphatic heterocycles. The molecule has 5 heteroatoms. The van der Waals surface area contributed by atoms with Crippen LogP contribution in [0, 0.1) is 0 Å². The van der Waals surface area contributed by atoms with Crippen molar-refractivity contribution >= 4 is 27.4 Å². The Morgan fingerprint density at radius 3 is 1.93 bits per heavy atom. The van der Waals surface area contributed by atoms with E-state index >= 15 is 0 Å². The zero-order valence-electron chi connectivity index (χ0n) is 30.0. The summed E-state index contributed by atoms with van der Waals surface area (Å²) < 4.78 is 2.39. The second-order valence-corrected chi connectivity index (χ2v) is 13.9. The maximum Gasteiger partial charge on any atom is 0.164 e. The molecule has 0 radical (unpaired) electrons. The monoisotopic (exact) mass is 705 g/mol. The van der Waals surface area contributed by atoms with E-state index < -0.39 is 0 Å². The van der Waals surface area contributed by atoms with Crippen molar-refractivity contribution in [3.05, 3.63) is 206 Å². The van der Waals surface area contributed by atoms with Gasteiger partial charge in [0.15, 0.2) is 17.5 Å². The second kappa shape index (κ2) is 14.0. The average Bonchev–Trinajstić information content (AvgIpc) is 3.62. The van der Waals surface area contributed by atoms with Crippen LogP contribution in [-0.2, 0) is 0 Å². The predicted octanol–water partition coefficient (Wildman–Crippen LogP) is 12.2. The number of allylic oxidation sites excluding steroid dienone is 4. The van der Waals surface area contributed by atoms with Crippen molar-refractivity contribution in [1.82, 2.24) is 24.5 Å². The van der Waals surface area contributed by atoms with Crippen LogP contribution in [0.5, 0.6) is 0 Å². The molecule has 9 aromatic rings. The molecule has 0 fully saturated rings. The molecular weight excluding hydrogens is 671 g/mol. The molecule has 0 amide bonds. The summed E-state index contributed by atoms with van der Waals surface area (Å²) in [6.45, 7) is 0. The number of hydrogen-bond acceptors (Lipinski definition) is 4. The number of pyridine rings is 1. The smallest absolute Gasteiger partial charge is 0.164 e. The van der Waals surface area contributed by atoms with Gasteiger partial charge in [-0.2, -0.15) is 0 Å². The molecule has 1 aliphatic rings. The van der Waals surface area contributed by atoms with Crippen molar-refractivity contribution in [3.8, 4) is 51.0 Å². The van der Waals surface area contributed by atoms with E-state index in [1.54, 1.807) is 6.20 Å². The van der Waals surface area contributed by atoms with Gasteiger partial charge in [0.05, 0.1) is 11.0 Å². The molecular formula is C50H35N5. The minimum atomic E-state index is 0.188. The van der Waals surface area contributed by atoms with Crippen LogP contribution < -0.4 is 0 Å². The van der Waals surface area contributed by atoms with E-state index in [9.17, 15) is 0 Å². The highest BCUT2D eigenvalue weighted by Gasteiger charge is 2.21. The fourth-order valence-electron chi connectivity index (χ4n) is 7.85. The van der Waals surface area contributed by atoms with Gasteiger partial charge in [0.2, 0.25) is 0 Å². The number of benzene rings is 6. The van der Waals surface area contributed by atoms with Gasteiger partial charge < -0.3 is 4.57 Å². The summed E-state index contributed by atoms with van der Waals surface area (Å²) >= 11 is 0. The van der Waals surface area contributed by atoms with Crippen molar-refractivity contribution in [1.29, 1.82) is 0 Å². The van der Waals surface area contributed by atoms with Crippen LogP contribution in [-0.4, -0.2) is 24.5 Å². The third kappa shape index (κ3) is 6.12. The summed E-state index contributed by atoms with van der Waals surface area (Å²) in [5.41, 5.74) is 12.4. The third-order valence-electron chi connectivity index (χ3n) is 10.5. The van der Waals surface area contributed by atoms with Gasteiger partial charge in [-0.05, 0) is 70.6 Å². The maximum absolute atomic E-state index is 5.07. The molecule has 6 aromatic carbocycles. The van der Waals surface area contributed by atoms with Crippen LogP contribution in [0.4, 0.5) is 0 Å². The zero-order valence-corrected chi connectivity index (χ0v) is 30.0. The predicted molar refractivity (Wildman–Crippen MR) is 225 cm³/mol. The highest BCUT2D eigenvalue weighted by atomic mass is 15.0. The van der Waals surface area contributed by atoms with E-state index in [-0.39, 0.29) is 5.92 Å². The van der Waals surface area contributed by atoms with Gasteiger partial charge in [0, 0.05) is 51.5 Å². The Balaban J connectivity index is 1.01. The number of fused-ring (bicyclic) bond motifs is 3. The van der Waals surface area contributed by atoms with E-state index in [1.807, 2.05) is 42.6 Å². The molecule has 3 heterocycles. The lowest BCUT2D eigenvalue weighted by atomic mass is 9.84. The summed E-state index contributed by atoms with van der Waals surface area (Å²) in [5, 5.41) is 2.55. The Bertz CT molecular complexity index is 2870. The van der Waals surface area contributed by atoms with Gasteiger partial charge in [-0.1, -0.05) is 146 Å². The second-order valence-electron chi connectivity index (χ2n) is 13.9. The van der Waals surface area contributed by atoms with Crippen molar-refractivity contribution in [3.63, 3.8) is 0 Å². The normalized spacial score (nSPS) is 14.0. The number of aromatic nitrogens is 5. The Morgan fingerprint density at radius 2 is 1.15 bits per heavy atom. The molecule has 10 rings (SSSR count). The highest BCUT2D eigenvalue weighted by molar-refractivity contribution is 6.14. The molecule has 0 spiro atoms. The fraction of sp³-hybridized carbons (Fsp3) is 0.0400. The largest absolute Gasteiger partial charge is 0.309 e. The van der Waals surface area contributed by atoms with Crippen LogP contribution in [0.25, 0.3) is 78.4 Å². The lowest BCUT2D eigenvalue weighted by molar-refractivity contribution is 0.868. The molecule has 0 saturated heterocycles. The molecule has 55 heavy (non-hydrogen) atoms. The van der Waals surface area contributed by atoms with Crippen molar-refractivity contribution < 1.29 is 0 Å². The summed E-state index contributed by atoms with van der Waals surface area (Å²) in [6.07, 6.45) is 11.4. The van der Waals surface area contributed by atoms with Crippen LogP contribution in [0.3, 0.4) is 0 Å². The first-order valence-corrected chi connectivity index (χ1v) is 18.6. The van der Waals surface area contributed by atoms with Crippen LogP contribution in [0.1, 0.15) is 23.5 Å². The summed E-state index contributed by atoms with van der Waals surface area (Å²) in [6, 6.07) is 57.3. The summed E-state index contributed by atoms with van der Waals surface area (Å²) in [5.74, 6) is 2.12. The Hall–Kier alpha value is -7.24. The Kier molecular flexibility index (Phi) is 8.23. The van der Waals surface area contributed by atoms with E-state index in [0.717, 1.165) is 39.9 Å². The van der Waals surface area contributed by atoms with Crippen LogP contribution >= 0.6 is 0 Å². The van der Waals surface area contributed by atoms with Gasteiger partial charge in [-0.25, -0.2) is 15.0 Å². The molecule has 5 nitrogen and oxygen atoms in total. The molecule has 1 unspecified atom stereocenters. The SMILES string of the molecule is C1=CC(c2cccc(-c3nc(-c4ccccc4)nc(-c4ccc(-c5cccnc5)cc4)n3)c2)CC(c2cccc3c2c2ccccc2n3-c2ccccc2)=C1. The lowest BCUT2D eigenvalue weighted by Crippen LogP contribution is -2.03. The quantitative estimate of drug-likeness (QED) is 0.166. The number of nitrogens with zero attached hydrogens (tertiary/aromatic N) is 5. The van der Waals surface area contributed by atoms with Gasteiger partial charge in [-0.15, -0.1) is 0 Å². The minimum absolute atomic E-state index is 0.188. The first-order chi connectivity index (χ1) is 27.3. The molecule has 0 bridgehead atoms. The molecule has 1 aliphatic carbocycles. The molecule has 0 saturated carbocycles. The van der Waals surface area contributed by atoms with Gasteiger partial charge in [0.1, 0.15) is 0 Å². The van der Waals surface area contributed by atoms with Crippen LogP contribution in [0.15, 0.2) is 194 Å². The van der Waals surface area contributed by atoms with Gasteiger partial charge in [-0.3, -0.25) is 4.98 Å². The molecule has 3 aromatic heterocycles. The van der Waals surface area contributed by atoms with E-state index in [0.29, 0.717) is 17.5 Å². The zero-order chi connectivity index (χ0) is 36.6. The number of para-hydroxylation sites is 2. The maximum atomic E-state index is 5.07. The first-order valence-electron chi connectivity index (χ1n) is 18.6. The fourth-order valence-corrected chi connectivity index (χ4v) is 7.85. The summed E-state index contributed by atoms with van der Waals surface area (Å²) in [4.78, 5) is 19.4. The van der Waals surface area contributed by atoms with Crippen molar-refractivity contribution in [2.45, 2.75) is 12.3 Å². The van der Waals surface area contributed by atoms with E-state index in [4.69, 9.17) is 15.0 Å². The molecule has 0 N–H and O–H groups in total. The van der Waals surface area contributed by atoms with Crippen LogP contribution in [0.2, 0.25) is 0 Å². The third-order valence-corrected chi connectivity index (χ3v) is 10.5. The van der Waals surface area contributed by atoms with E-state index in [2.05, 4.69) is 155 Å². The number of rotatable bonds is 7. The molecule has 260 valence electrons. The minimum Gasteiger partial charge on any atom is -0.309 e. The Labute approximate surface area is 319 Å². The lowest BCUT2D eigenvalue weighted by Gasteiger charge is -2.21. The Morgan fingerprint density at radius 1 is 0.509 bits per heavy atom. The average molecular weight is 706 g/mol. The van der Waals surface area contributed by atoms with Gasteiger partial charge >= 0.3 is 0 Å². The van der Waals surface area contributed by atoms with E-state index in [1.165, 1.54) is 38.5 Å². The molecule has 1 atom stereocenters. The number of hydrogen-bond donors (Lipinski definition) is 0. The first kappa shape index (κ1) is 32.4. The van der Waals surface area contributed by atoms with Crippen molar-refractivity contribution in [2.75, 3.05) is 0 Å². The van der Waals surface area contributed by atoms with Crippen molar-refractivity contribution in [2.24, 2.45) is 0 Å². The highest BCUT2D eigenvalue weighted by Crippen LogP contribution is 2.41. The summed E-state index contributed by atoms with van der Waals surface area (Å²) in [7, 11) is 0. The topological polar surface area (TPSA) is 56.5 Å².